The van der Waals surface area contributed by atoms with Crippen molar-refractivity contribution < 1.29 is 4.39 Å². The zero-order chi connectivity index (χ0) is 12.0. The zero-order valence-electron chi connectivity index (χ0n) is 9.14. The van der Waals surface area contributed by atoms with Crippen molar-refractivity contribution in [2.24, 2.45) is 27.2 Å². The van der Waals surface area contributed by atoms with Gasteiger partial charge in [-0.15, -0.1) is 12.4 Å². The van der Waals surface area contributed by atoms with E-state index in [1.54, 1.807) is 12.1 Å². The van der Waals surface area contributed by atoms with Crippen molar-refractivity contribution in [1.29, 1.82) is 0 Å². The van der Waals surface area contributed by atoms with Crippen molar-refractivity contribution >= 4 is 24.3 Å². The monoisotopic (exact) mass is 259 g/mol. The van der Waals surface area contributed by atoms with Gasteiger partial charge in [-0.3, -0.25) is 4.99 Å². The third kappa shape index (κ3) is 6.36. The summed E-state index contributed by atoms with van der Waals surface area (Å²) in [4.78, 5) is 7.50. The van der Waals surface area contributed by atoms with E-state index in [1.807, 2.05) is 0 Å². The summed E-state index contributed by atoms with van der Waals surface area (Å²) < 4.78 is 12.6. The first kappa shape index (κ1) is 15.2. The second-order valence-electron chi connectivity index (χ2n) is 3.15. The van der Waals surface area contributed by atoms with Crippen LogP contribution in [0, 0.1) is 5.82 Å². The van der Waals surface area contributed by atoms with Crippen molar-refractivity contribution in [3.05, 3.63) is 35.6 Å². The fourth-order valence-corrected chi connectivity index (χ4v) is 1.12. The summed E-state index contributed by atoms with van der Waals surface area (Å²) in [6.07, 6.45) is 0.654. The maximum atomic E-state index is 12.6. The van der Waals surface area contributed by atoms with Gasteiger partial charge < -0.3 is 17.2 Å². The van der Waals surface area contributed by atoms with Gasteiger partial charge in [0.05, 0.1) is 0 Å². The Hall–Kier alpha value is -1.82. The van der Waals surface area contributed by atoms with Crippen LogP contribution in [0.2, 0.25) is 0 Å². The molecule has 1 rings (SSSR count). The van der Waals surface area contributed by atoms with E-state index in [2.05, 4.69) is 9.98 Å². The lowest BCUT2D eigenvalue weighted by Gasteiger charge is -1.98. The van der Waals surface area contributed by atoms with Crippen LogP contribution in [0.5, 0.6) is 0 Å². The van der Waals surface area contributed by atoms with Crippen molar-refractivity contribution in [1.82, 2.24) is 0 Å². The summed E-state index contributed by atoms with van der Waals surface area (Å²) in [6, 6.07) is 6.19. The number of aliphatic imine (C=N–C) groups is 2. The molecule has 17 heavy (non-hydrogen) atoms. The molecule has 0 unspecified atom stereocenters. The van der Waals surface area contributed by atoms with Gasteiger partial charge in [-0.1, -0.05) is 12.1 Å². The van der Waals surface area contributed by atoms with Crippen LogP contribution in [0.25, 0.3) is 0 Å². The molecule has 0 saturated carbocycles. The Labute approximate surface area is 105 Å². The lowest BCUT2D eigenvalue weighted by atomic mass is 10.1. The minimum atomic E-state index is -0.257. The third-order valence-corrected chi connectivity index (χ3v) is 1.83. The summed E-state index contributed by atoms with van der Waals surface area (Å²) in [5.41, 5.74) is 16.6. The van der Waals surface area contributed by atoms with E-state index < -0.39 is 0 Å². The van der Waals surface area contributed by atoms with Gasteiger partial charge in [0.2, 0.25) is 5.96 Å². The molecule has 0 fully saturated rings. The number of halogens is 2. The highest BCUT2D eigenvalue weighted by Gasteiger charge is 1.94. The normalized spacial score (nSPS) is 10.5. The largest absolute Gasteiger partial charge is 0.370 e. The van der Waals surface area contributed by atoms with Crippen LogP contribution in [0.3, 0.4) is 0 Å². The quantitative estimate of drug-likeness (QED) is 0.540. The van der Waals surface area contributed by atoms with Gasteiger partial charge in [-0.25, -0.2) is 4.39 Å². The molecule has 5 nitrogen and oxygen atoms in total. The van der Waals surface area contributed by atoms with Crippen molar-refractivity contribution in [3.8, 4) is 0 Å². The van der Waals surface area contributed by atoms with Crippen LogP contribution in [0.1, 0.15) is 5.56 Å². The minimum Gasteiger partial charge on any atom is -0.370 e. The van der Waals surface area contributed by atoms with Gasteiger partial charge in [0.15, 0.2) is 5.96 Å². The smallest absolute Gasteiger partial charge is 0.218 e. The molecular weight excluding hydrogens is 245 g/mol. The molecule has 0 bridgehead atoms. The summed E-state index contributed by atoms with van der Waals surface area (Å²) >= 11 is 0. The summed E-state index contributed by atoms with van der Waals surface area (Å²) in [7, 11) is 0. The molecule has 0 spiro atoms. The number of hydrogen-bond acceptors (Lipinski definition) is 1. The molecule has 0 radical (unpaired) electrons. The van der Waals surface area contributed by atoms with Crippen LogP contribution in [-0.4, -0.2) is 18.5 Å². The third-order valence-electron chi connectivity index (χ3n) is 1.83. The highest BCUT2D eigenvalue weighted by Crippen LogP contribution is 2.03. The number of rotatable bonds is 3. The van der Waals surface area contributed by atoms with Crippen LogP contribution in [-0.2, 0) is 6.42 Å². The molecule has 1 aromatic carbocycles. The average molecular weight is 260 g/mol. The molecule has 0 aliphatic rings. The highest BCUT2D eigenvalue weighted by atomic mass is 35.5. The van der Waals surface area contributed by atoms with Crippen LogP contribution < -0.4 is 17.2 Å². The molecule has 0 aromatic heterocycles. The van der Waals surface area contributed by atoms with E-state index in [0.29, 0.717) is 13.0 Å². The van der Waals surface area contributed by atoms with E-state index >= 15 is 0 Å². The van der Waals surface area contributed by atoms with Crippen LogP contribution in [0.15, 0.2) is 34.3 Å². The number of hydrogen-bond donors (Lipinski definition) is 3. The Balaban J connectivity index is 0.00000256. The Kier molecular flexibility index (Phi) is 6.65. The topological polar surface area (TPSA) is 103 Å². The summed E-state index contributed by atoms with van der Waals surface area (Å²) in [6.45, 7) is 0.453. The molecule has 94 valence electrons. The molecule has 0 amide bonds. The molecule has 0 aliphatic carbocycles. The first-order valence-corrected chi connectivity index (χ1v) is 4.72. The minimum absolute atomic E-state index is 0. The second kappa shape index (κ2) is 7.45. The first-order chi connectivity index (χ1) is 7.58. The summed E-state index contributed by atoms with van der Waals surface area (Å²) in [5.74, 6) is -0.336. The maximum absolute atomic E-state index is 12.6. The molecule has 0 aliphatic heterocycles. The number of nitrogens with zero attached hydrogens (tertiary/aromatic N) is 2. The van der Waals surface area contributed by atoms with Gasteiger partial charge in [-0.05, 0) is 24.1 Å². The predicted octanol–water partition coefficient (Wildman–Crippen LogP) is 0.378. The SMILES string of the molecule is Cl.NC(N)=NC(N)=NCCc1ccc(F)cc1. The van der Waals surface area contributed by atoms with E-state index in [0.717, 1.165) is 5.56 Å². The molecule has 0 atom stereocenters. The predicted molar refractivity (Wildman–Crippen MR) is 69.7 cm³/mol. The fourth-order valence-electron chi connectivity index (χ4n) is 1.12. The number of guanidine groups is 2. The van der Waals surface area contributed by atoms with Crippen LogP contribution >= 0.6 is 12.4 Å². The molecular formula is C10H15ClFN5. The van der Waals surface area contributed by atoms with Crippen molar-refractivity contribution in [2.75, 3.05) is 6.54 Å². The Morgan fingerprint density at radius 1 is 1.12 bits per heavy atom. The average Bonchev–Trinajstić information content (AvgIpc) is 2.20. The van der Waals surface area contributed by atoms with Gasteiger partial charge >= 0.3 is 0 Å². The van der Waals surface area contributed by atoms with E-state index in [9.17, 15) is 4.39 Å². The van der Waals surface area contributed by atoms with Gasteiger partial charge in [0.1, 0.15) is 5.82 Å². The van der Waals surface area contributed by atoms with Crippen molar-refractivity contribution in [3.63, 3.8) is 0 Å². The maximum Gasteiger partial charge on any atom is 0.218 e. The number of benzene rings is 1. The van der Waals surface area contributed by atoms with E-state index in [4.69, 9.17) is 17.2 Å². The van der Waals surface area contributed by atoms with E-state index in [-0.39, 0.29) is 30.1 Å². The highest BCUT2D eigenvalue weighted by molar-refractivity contribution is 5.92. The molecule has 0 saturated heterocycles. The molecule has 0 heterocycles. The molecule has 1 aromatic rings. The summed E-state index contributed by atoms with van der Waals surface area (Å²) in [5, 5.41) is 0. The van der Waals surface area contributed by atoms with Crippen LogP contribution in [0.4, 0.5) is 4.39 Å². The Morgan fingerprint density at radius 3 is 2.24 bits per heavy atom. The standard InChI is InChI=1S/C10H14FN5.ClH/c11-8-3-1-7(2-4-8)5-6-15-10(14)16-9(12)13;/h1-4H,5-6H2,(H6,12,13,14,15,16);1H. The Morgan fingerprint density at radius 2 is 1.71 bits per heavy atom. The van der Waals surface area contributed by atoms with Crippen molar-refractivity contribution in [2.45, 2.75) is 6.42 Å². The van der Waals surface area contributed by atoms with Gasteiger partial charge in [0, 0.05) is 6.54 Å². The zero-order valence-corrected chi connectivity index (χ0v) is 9.95. The lowest BCUT2D eigenvalue weighted by Crippen LogP contribution is -2.26. The van der Waals surface area contributed by atoms with E-state index in [1.165, 1.54) is 12.1 Å². The number of nitrogens with two attached hydrogens (primary N) is 3. The first-order valence-electron chi connectivity index (χ1n) is 4.72. The molecule has 6 N–H and O–H groups in total. The molecule has 7 heteroatoms. The fraction of sp³-hybridized carbons (Fsp3) is 0.200. The second-order valence-corrected chi connectivity index (χ2v) is 3.15. The lowest BCUT2D eigenvalue weighted by molar-refractivity contribution is 0.627. The van der Waals surface area contributed by atoms with Gasteiger partial charge in [0.25, 0.3) is 0 Å². The van der Waals surface area contributed by atoms with Gasteiger partial charge in [-0.2, -0.15) is 4.99 Å². The Bertz CT molecular complexity index is 398.